The third-order valence-corrected chi connectivity index (χ3v) is 2.92. The fourth-order valence-electron chi connectivity index (χ4n) is 1.27. The average Bonchev–Trinajstić information content (AvgIpc) is 2.82. The highest BCUT2D eigenvalue weighted by Gasteiger charge is 2.12. The van der Waals surface area contributed by atoms with Gasteiger partial charge < -0.3 is 9.84 Å². The largest absolute Gasteiger partial charge is 0.364 e. The number of nitrogens with one attached hydrogen (secondary N) is 1. The monoisotopic (exact) mass is 298 g/mol. The Morgan fingerprint density at radius 1 is 1.47 bits per heavy atom. The predicted octanol–water partition coefficient (Wildman–Crippen LogP) is 2.51. The number of carbonyl (C=O) groups excluding carboxylic acids is 1. The van der Waals surface area contributed by atoms with Gasteiger partial charge in [-0.05, 0) is 28.1 Å². The van der Waals surface area contributed by atoms with Crippen molar-refractivity contribution in [2.24, 2.45) is 0 Å². The summed E-state index contributed by atoms with van der Waals surface area (Å²) in [6, 6.07) is 5.93. The van der Waals surface area contributed by atoms with E-state index >= 15 is 0 Å². The van der Waals surface area contributed by atoms with Crippen molar-refractivity contribution < 1.29 is 13.7 Å². The standard InChI is InChI=1S/C11H8BrFN2O2/c12-10-8(2-1-3-9(10)13)11(16)14-6-7-4-5-17-15-7/h1-5H,6H2,(H,14,16). The number of carbonyl (C=O) groups is 1. The van der Waals surface area contributed by atoms with E-state index in [9.17, 15) is 9.18 Å². The molecule has 0 spiro atoms. The molecule has 17 heavy (non-hydrogen) atoms. The maximum absolute atomic E-state index is 13.2. The molecule has 4 nitrogen and oxygen atoms in total. The van der Waals surface area contributed by atoms with Crippen LogP contribution in [0, 0.1) is 5.82 Å². The molecule has 0 bridgehead atoms. The van der Waals surface area contributed by atoms with Crippen molar-refractivity contribution in [3.05, 3.63) is 52.1 Å². The summed E-state index contributed by atoms with van der Waals surface area (Å²) in [5, 5.41) is 6.26. The summed E-state index contributed by atoms with van der Waals surface area (Å²) in [5.74, 6) is -0.849. The van der Waals surface area contributed by atoms with Crippen molar-refractivity contribution >= 4 is 21.8 Å². The van der Waals surface area contributed by atoms with Crippen LogP contribution in [0.15, 0.2) is 39.5 Å². The molecule has 88 valence electrons. The van der Waals surface area contributed by atoms with Crippen LogP contribution in [0.3, 0.4) is 0 Å². The van der Waals surface area contributed by atoms with Crippen LogP contribution in [0.2, 0.25) is 0 Å². The highest BCUT2D eigenvalue weighted by atomic mass is 79.9. The Labute approximate surface area is 105 Å². The molecule has 1 N–H and O–H groups in total. The van der Waals surface area contributed by atoms with E-state index in [1.165, 1.54) is 24.5 Å². The van der Waals surface area contributed by atoms with E-state index < -0.39 is 5.82 Å². The van der Waals surface area contributed by atoms with E-state index in [-0.39, 0.29) is 22.5 Å². The molecule has 1 aromatic heterocycles. The number of amides is 1. The summed E-state index contributed by atoms with van der Waals surface area (Å²) < 4.78 is 18.0. The molecule has 0 atom stereocenters. The summed E-state index contributed by atoms with van der Waals surface area (Å²) >= 11 is 3.03. The molecule has 0 radical (unpaired) electrons. The van der Waals surface area contributed by atoms with E-state index in [2.05, 4.69) is 30.9 Å². The molecule has 0 aliphatic heterocycles. The third-order valence-electron chi connectivity index (χ3n) is 2.12. The number of benzene rings is 1. The third kappa shape index (κ3) is 2.71. The SMILES string of the molecule is O=C(NCc1ccon1)c1cccc(F)c1Br. The Kier molecular flexibility index (Phi) is 3.53. The van der Waals surface area contributed by atoms with E-state index in [0.717, 1.165) is 0 Å². The molecule has 0 saturated heterocycles. The normalized spacial score (nSPS) is 10.2. The number of rotatable bonds is 3. The quantitative estimate of drug-likeness (QED) is 0.947. The fourth-order valence-corrected chi connectivity index (χ4v) is 1.72. The van der Waals surface area contributed by atoms with Crippen molar-refractivity contribution in [1.82, 2.24) is 10.5 Å². The van der Waals surface area contributed by atoms with E-state index in [4.69, 9.17) is 0 Å². The van der Waals surface area contributed by atoms with Gasteiger partial charge in [0.1, 0.15) is 17.8 Å². The van der Waals surface area contributed by atoms with Crippen molar-refractivity contribution in [3.8, 4) is 0 Å². The van der Waals surface area contributed by atoms with Crippen LogP contribution in [0.1, 0.15) is 16.1 Å². The zero-order valence-corrected chi connectivity index (χ0v) is 10.2. The first kappa shape index (κ1) is 11.8. The Morgan fingerprint density at radius 3 is 3.00 bits per heavy atom. The molecule has 6 heteroatoms. The highest BCUT2D eigenvalue weighted by Crippen LogP contribution is 2.20. The second kappa shape index (κ2) is 5.09. The Hall–Kier alpha value is -1.69. The van der Waals surface area contributed by atoms with Crippen LogP contribution in [-0.2, 0) is 6.54 Å². The van der Waals surface area contributed by atoms with Crippen LogP contribution in [0.25, 0.3) is 0 Å². The first-order valence-corrected chi connectivity index (χ1v) is 5.59. The molecule has 1 amide bonds. The van der Waals surface area contributed by atoms with Gasteiger partial charge in [0.25, 0.3) is 5.91 Å². The second-order valence-electron chi connectivity index (χ2n) is 3.27. The van der Waals surface area contributed by atoms with Crippen molar-refractivity contribution in [2.75, 3.05) is 0 Å². The maximum atomic E-state index is 13.2. The number of hydrogen-bond donors (Lipinski definition) is 1. The first-order chi connectivity index (χ1) is 8.18. The van der Waals surface area contributed by atoms with Crippen LogP contribution in [-0.4, -0.2) is 11.1 Å². The van der Waals surface area contributed by atoms with Crippen LogP contribution < -0.4 is 5.32 Å². The van der Waals surface area contributed by atoms with Crippen molar-refractivity contribution in [2.45, 2.75) is 6.54 Å². The van der Waals surface area contributed by atoms with Crippen LogP contribution in [0.5, 0.6) is 0 Å². The summed E-state index contributed by atoms with van der Waals surface area (Å²) in [4.78, 5) is 11.7. The van der Waals surface area contributed by atoms with Crippen molar-refractivity contribution in [1.29, 1.82) is 0 Å². The second-order valence-corrected chi connectivity index (χ2v) is 4.07. The van der Waals surface area contributed by atoms with Gasteiger partial charge in [0, 0.05) is 6.07 Å². The smallest absolute Gasteiger partial charge is 0.252 e. The maximum Gasteiger partial charge on any atom is 0.252 e. The lowest BCUT2D eigenvalue weighted by atomic mass is 10.2. The molecule has 0 aliphatic rings. The molecule has 0 fully saturated rings. The lowest BCUT2D eigenvalue weighted by Gasteiger charge is -2.05. The minimum absolute atomic E-state index is 0.151. The minimum atomic E-state index is -0.473. The fraction of sp³-hybridized carbons (Fsp3) is 0.0909. The highest BCUT2D eigenvalue weighted by molar-refractivity contribution is 9.10. The topological polar surface area (TPSA) is 55.1 Å². The minimum Gasteiger partial charge on any atom is -0.364 e. The van der Waals surface area contributed by atoms with Gasteiger partial charge in [0.15, 0.2) is 0 Å². The van der Waals surface area contributed by atoms with Gasteiger partial charge in [-0.25, -0.2) is 4.39 Å². The Bertz CT molecular complexity index is 528. The van der Waals surface area contributed by atoms with Crippen molar-refractivity contribution in [3.63, 3.8) is 0 Å². The van der Waals surface area contributed by atoms with E-state index in [1.807, 2.05) is 0 Å². The zero-order valence-electron chi connectivity index (χ0n) is 8.61. The summed E-state index contributed by atoms with van der Waals surface area (Å²) in [5.41, 5.74) is 0.847. The summed E-state index contributed by atoms with van der Waals surface area (Å²) in [6.07, 6.45) is 1.42. The zero-order chi connectivity index (χ0) is 12.3. The van der Waals surface area contributed by atoms with Gasteiger partial charge in [0.05, 0.1) is 16.6 Å². The Balaban J connectivity index is 2.07. The van der Waals surface area contributed by atoms with E-state index in [1.54, 1.807) is 6.07 Å². The number of nitrogens with zero attached hydrogens (tertiary/aromatic N) is 1. The average molecular weight is 299 g/mol. The molecule has 0 aliphatic carbocycles. The van der Waals surface area contributed by atoms with Gasteiger partial charge >= 0.3 is 0 Å². The molecular formula is C11H8BrFN2O2. The number of halogens is 2. The lowest BCUT2D eigenvalue weighted by molar-refractivity contribution is 0.0949. The van der Waals surface area contributed by atoms with Crippen LogP contribution in [0.4, 0.5) is 4.39 Å². The molecule has 1 aromatic carbocycles. The van der Waals surface area contributed by atoms with Gasteiger partial charge in [-0.3, -0.25) is 4.79 Å². The molecule has 0 unspecified atom stereocenters. The molecule has 0 saturated carbocycles. The molecule has 2 rings (SSSR count). The summed E-state index contributed by atoms with van der Waals surface area (Å²) in [6.45, 7) is 0.234. The lowest BCUT2D eigenvalue weighted by Crippen LogP contribution is -2.23. The van der Waals surface area contributed by atoms with E-state index in [0.29, 0.717) is 5.69 Å². The summed E-state index contributed by atoms with van der Waals surface area (Å²) in [7, 11) is 0. The molecule has 1 heterocycles. The first-order valence-electron chi connectivity index (χ1n) is 4.80. The molecule has 2 aromatic rings. The number of hydrogen-bond acceptors (Lipinski definition) is 3. The Morgan fingerprint density at radius 2 is 2.29 bits per heavy atom. The van der Waals surface area contributed by atoms with Gasteiger partial charge in [-0.2, -0.15) is 0 Å². The van der Waals surface area contributed by atoms with Gasteiger partial charge in [0.2, 0.25) is 0 Å². The van der Waals surface area contributed by atoms with Gasteiger partial charge in [-0.15, -0.1) is 0 Å². The molecular weight excluding hydrogens is 291 g/mol. The number of aromatic nitrogens is 1. The van der Waals surface area contributed by atoms with Gasteiger partial charge in [-0.1, -0.05) is 11.2 Å². The predicted molar refractivity (Wildman–Crippen MR) is 61.8 cm³/mol. The van der Waals surface area contributed by atoms with Crippen LogP contribution >= 0.6 is 15.9 Å².